The molecule has 2 unspecified atom stereocenters. The summed E-state index contributed by atoms with van der Waals surface area (Å²) in [6.07, 6.45) is 5.94. The Morgan fingerprint density at radius 1 is 1.33 bits per heavy atom. The van der Waals surface area contributed by atoms with Gasteiger partial charge in [0.1, 0.15) is 0 Å². The summed E-state index contributed by atoms with van der Waals surface area (Å²) in [5.74, 6) is 0.238. The number of amides is 1. The predicted octanol–water partition coefficient (Wildman–Crippen LogP) is 3.36. The van der Waals surface area contributed by atoms with Crippen molar-refractivity contribution in [2.24, 2.45) is 11.3 Å². The van der Waals surface area contributed by atoms with E-state index in [9.17, 15) is 4.79 Å². The van der Waals surface area contributed by atoms with Crippen LogP contribution in [0.5, 0.6) is 0 Å². The van der Waals surface area contributed by atoms with Crippen molar-refractivity contribution in [3.8, 4) is 0 Å². The van der Waals surface area contributed by atoms with Crippen LogP contribution in [0.15, 0.2) is 24.3 Å². The zero-order chi connectivity index (χ0) is 14.9. The Balaban J connectivity index is 1.62. The number of carbonyl (C=O) groups is 1. The van der Waals surface area contributed by atoms with Crippen molar-refractivity contribution in [2.75, 3.05) is 11.9 Å². The van der Waals surface area contributed by atoms with E-state index in [1.165, 1.54) is 36.9 Å². The molecule has 1 aromatic rings. The standard InChI is InChI=1S/C18H26N2O/c1-13-15(11-14-7-3-4-8-16(14)20-13)17(21)19-12-18(2)9-5-6-10-18/h3-4,7-8,13,15,20H,5-6,9-12H2,1-2H3,(H,19,21). The highest BCUT2D eigenvalue weighted by atomic mass is 16.1. The number of benzene rings is 1. The van der Waals surface area contributed by atoms with Crippen molar-refractivity contribution in [1.29, 1.82) is 0 Å². The van der Waals surface area contributed by atoms with Crippen LogP contribution in [-0.2, 0) is 11.2 Å². The van der Waals surface area contributed by atoms with Crippen LogP contribution in [-0.4, -0.2) is 18.5 Å². The van der Waals surface area contributed by atoms with Gasteiger partial charge in [-0.15, -0.1) is 0 Å². The van der Waals surface area contributed by atoms with Crippen LogP contribution in [0.1, 0.15) is 45.1 Å². The molecule has 3 nitrogen and oxygen atoms in total. The monoisotopic (exact) mass is 286 g/mol. The first kappa shape index (κ1) is 14.4. The molecule has 0 radical (unpaired) electrons. The molecule has 21 heavy (non-hydrogen) atoms. The van der Waals surface area contributed by atoms with Gasteiger partial charge in [0, 0.05) is 18.3 Å². The van der Waals surface area contributed by atoms with E-state index in [1.54, 1.807) is 0 Å². The van der Waals surface area contributed by atoms with Crippen LogP contribution in [0.2, 0.25) is 0 Å². The molecule has 2 atom stereocenters. The maximum Gasteiger partial charge on any atom is 0.225 e. The molecule has 3 heteroatoms. The minimum absolute atomic E-state index is 0.0323. The number of nitrogens with one attached hydrogen (secondary N) is 2. The van der Waals surface area contributed by atoms with Crippen molar-refractivity contribution >= 4 is 11.6 Å². The molecule has 0 saturated heterocycles. The third kappa shape index (κ3) is 3.07. The first-order chi connectivity index (χ1) is 10.1. The van der Waals surface area contributed by atoms with E-state index in [2.05, 4.69) is 36.6 Å². The second kappa shape index (κ2) is 5.70. The molecule has 114 valence electrons. The Labute approximate surface area is 127 Å². The summed E-state index contributed by atoms with van der Waals surface area (Å²) < 4.78 is 0. The van der Waals surface area contributed by atoms with E-state index in [0.717, 1.165) is 13.0 Å². The van der Waals surface area contributed by atoms with Gasteiger partial charge in [0.05, 0.1) is 5.92 Å². The first-order valence-corrected chi connectivity index (χ1v) is 8.20. The van der Waals surface area contributed by atoms with Crippen LogP contribution in [0.4, 0.5) is 5.69 Å². The van der Waals surface area contributed by atoms with Crippen LogP contribution >= 0.6 is 0 Å². The first-order valence-electron chi connectivity index (χ1n) is 8.20. The van der Waals surface area contributed by atoms with Gasteiger partial charge in [-0.1, -0.05) is 38.0 Å². The zero-order valence-corrected chi connectivity index (χ0v) is 13.1. The molecular formula is C18H26N2O. The van der Waals surface area contributed by atoms with Gasteiger partial charge >= 0.3 is 0 Å². The Hall–Kier alpha value is -1.51. The summed E-state index contributed by atoms with van der Waals surface area (Å²) in [5.41, 5.74) is 2.75. The van der Waals surface area contributed by atoms with Gasteiger partial charge in [-0.05, 0) is 43.2 Å². The fraction of sp³-hybridized carbons (Fsp3) is 0.611. The number of hydrogen-bond acceptors (Lipinski definition) is 2. The van der Waals surface area contributed by atoms with Gasteiger partial charge in [0.25, 0.3) is 0 Å². The Morgan fingerprint density at radius 2 is 2.05 bits per heavy atom. The number of rotatable bonds is 3. The van der Waals surface area contributed by atoms with Crippen molar-refractivity contribution in [3.05, 3.63) is 29.8 Å². The van der Waals surface area contributed by atoms with E-state index in [-0.39, 0.29) is 17.9 Å². The van der Waals surface area contributed by atoms with E-state index in [0.29, 0.717) is 5.41 Å². The predicted molar refractivity (Wildman–Crippen MR) is 86.3 cm³/mol. The fourth-order valence-electron chi connectivity index (χ4n) is 3.76. The number of para-hydroxylation sites is 1. The molecular weight excluding hydrogens is 260 g/mol. The van der Waals surface area contributed by atoms with Crippen molar-refractivity contribution < 1.29 is 4.79 Å². The molecule has 1 fully saturated rings. The largest absolute Gasteiger partial charge is 0.382 e. The van der Waals surface area contributed by atoms with E-state index < -0.39 is 0 Å². The summed E-state index contributed by atoms with van der Waals surface area (Å²) in [6.45, 7) is 5.24. The third-order valence-electron chi connectivity index (χ3n) is 5.28. The molecule has 1 aromatic carbocycles. The minimum atomic E-state index is 0.0323. The van der Waals surface area contributed by atoms with Gasteiger partial charge in [0.15, 0.2) is 0 Å². The lowest BCUT2D eigenvalue weighted by Gasteiger charge is -2.33. The zero-order valence-electron chi connectivity index (χ0n) is 13.1. The summed E-state index contributed by atoms with van der Waals surface area (Å²) in [4.78, 5) is 12.6. The molecule has 2 N–H and O–H groups in total. The van der Waals surface area contributed by atoms with E-state index >= 15 is 0 Å². The van der Waals surface area contributed by atoms with Crippen molar-refractivity contribution in [3.63, 3.8) is 0 Å². The number of anilines is 1. The minimum Gasteiger partial charge on any atom is -0.382 e. The third-order valence-corrected chi connectivity index (χ3v) is 5.28. The Bertz CT molecular complexity index is 520. The molecule has 3 rings (SSSR count). The molecule has 1 saturated carbocycles. The quantitative estimate of drug-likeness (QED) is 0.894. The van der Waals surface area contributed by atoms with Gasteiger partial charge in [0.2, 0.25) is 5.91 Å². The second-order valence-electron chi connectivity index (χ2n) is 7.14. The lowest BCUT2D eigenvalue weighted by atomic mass is 9.86. The highest BCUT2D eigenvalue weighted by molar-refractivity contribution is 5.81. The molecule has 0 bridgehead atoms. The molecule has 0 aromatic heterocycles. The lowest BCUT2D eigenvalue weighted by molar-refractivity contribution is -0.125. The highest BCUT2D eigenvalue weighted by Gasteiger charge is 2.33. The summed E-state index contributed by atoms with van der Waals surface area (Å²) in [7, 11) is 0. The number of hydrogen-bond donors (Lipinski definition) is 2. The molecule has 1 aliphatic carbocycles. The summed E-state index contributed by atoms with van der Waals surface area (Å²) >= 11 is 0. The Kier molecular flexibility index (Phi) is 3.92. The average molecular weight is 286 g/mol. The molecule has 2 aliphatic rings. The van der Waals surface area contributed by atoms with Gasteiger partial charge in [-0.25, -0.2) is 0 Å². The van der Waals surface area contributed by atoms with Gasteiger partial charge in [-0.2, -0.15) is 0 Å². The fourth-order valence-corrected chi connectivity index (χ4v) is 3.76. The lowest BCUT2D eigenvalue weighted by Crippen LogP contribution is -2.45. The summed E-state index contributed by atoms with van der Waals surface area (Å²) in [6, 6.07) is 8.49. The summed E-state index contributed by atoms with van der Waals surface area (Å²) in [5, 5.41) is 6.68. The number of fused-ring (bicyclic) bond motifs is 1. The maximum absolute atomic E-state index is 12.6. The van der Waals surface area contributed by atoms with Crippen LogP contribution in [0, 0.1) is 11.3 Å². The molecule has 1 amide bonds. The maximum atomic E-state index is 12.6. The molecule has 0 spiro atoms. The molecule has 1 aliphatic heterocycles. The van der Waals surface area contributed by atoms with Gasteiger partial charge in [-0.3, -0.25) is 4.79 Å². The van der Waals surface area contributed by atoms with Crippen LogP contribution in [0.25, 0.3) is 0 Å². The van der Waals surface area contributed by atoms with Gasteiger partial charge < -0.3 is 10.6 Å². The normalized spacial score (nSPS) is 26.8. The average Bonchev–Trinajstić information content (AvgIpc) is 2.91. The van der Waals surface area contributed by atoms with Crippen molar-refractivity contribution in [1.82, 2.24) is 5.32 Å². The Morgan fingerprint density at radius 3 is 2.81 bits per heavy atom. The smallest absolute Gasteiger partial charge is 0.225 e. The van der Waals surface area contributed by atoms with Crippen LogP contribution < -0.4 is 10.6 Å². The van der Waals surface area contributed by atoms with Crippen molar-refractivity contribution in [2.45, 2.75) is 52.0 Å². The van der Waals surface area contributed by atoms with Crippen LogP contribution in [0.3, 0.4) is 0 Å². The van der Waals surface area contributed by atoms with E-state index in [1.807, 2.05) is 12.1 Å². The second-order valence-corrected chi connectivity index (χ2v) is 7.14. The molecule has 1 heterocycles. The number of carbonyl (C=O) groups excluding carboxylic acids is 1. The van der Waals surface area contributed by atoms with E-state index in [4.69, 9.17) is 0 Å². The SMILES string of the molecule is CC1Nc2ccccc2CC1C(=O)NCC1(C)CCCC1. The highest BCUT2D eigenvalue weighted by Crippen LogP contribution is 2.37. The topological polar surface area (TPSA) is 41.1 Å².